The number of nitrogens with one attached hydrogen (secondary N) is 4. The number of hydrogen-bond donors (Lipinski definition) is 7. The van der Waals surface area contributed by atoms with Crippen LogP contribution in [0.2, 0.25) is 0 Å². The van der Waals surface area contributed by atoms with E-state index in [9.17, 15) is 24.3 Å². The summed E-state index contributed by atoms with van der Waals surface area (Å²) in [5, 5.41) is 26.8. The number of carboxylic acids is 2. The quantitative estimate of drug-likeness (QED) is 0.241. The second kappa shape index (κ2) is 9.94. The number of amides is 1. The van der Waals surface area contributed by atoms with Crippen LogP contribution >= 0.6 is 0 Å². The zero-order valence-electron chi connectivity index (χ0n) is 18.3. The number of fused-ring (bicyclic) bond motifs is 1. The van der Waals surface area contributed by atoms with Gasteiger partial charge in [-0.15, -0.1) is 0 Å². The Morgan fingerprint density at radius 1 is 1.29 bits per heavy atom. The van der Waals surface area contributed by atoms with Crippen molar-refractivity contribution in [2.45, 2.75) is 18.5 Å². The third kappa shape index (κ3) is 5.43. The lowest BCUT2D eigenvalue weighted by Gasteiger charge is -2.35. The first-order valence-corrected chi connectivity index (χ1v) is 10.2. The van der Waals surface area contributed by atoms with Gasteiger partial charge in [0.1, 0.15) is 11.7 Å². The molecule has 180 valence electrons. The maximum absolute atomic E-state index is 12.4. The number of aromatic nitrogens is 2. The highest BCUT2D eigenvalue weighted by Crippen LogP contribution is 2.25. The summed E-state index contributed by atoms with van der Waals surface area (Å²) in [5.74, 6) is -2.90. The SMILES string of the molecule is C=C(C[C@H](NC(=O)c1ccc(NCC2CNc3nc(N)[nH]c(=O)c3N2C)cc1)C(=O)O)C(=O)O. The average Bonchev–Trinajstić information content (AvgIpc) is 2.77. The van der Waals surface area contributed by atoms with Gasteiger partial charge in [0.25, 0.3) is 11.5 Å². The number of nitrogens with two attached hydrogens (primary N) is 1. The number of carboxylic acid groups (broad SMARTS) is 2. The summed E-state index contributed by atoms with van der Waals surface area (Å²) in [4.78, 5) is 55.3. The minimum Gasteiger partial charge on any atom is -0.480 e. The second-order valence-corrected chi connectivity index (χ2v) is 7.73. The molecule has 34 heavy (non-hydrogen) atoms. The second-order valence-electron chi connectivity index (χ2n) is 7.73. The van der Waals surface area contributed by atoms with E-state index in [1.54, 1.807) is 19.2 Å². The van der Waals surface area contributed by atoms with E-state index in [-0.39, 0.29) is 28.7 Å². The highest BCUT2D eigenvalue weighted by atomic mass is 16.4. The van der Waals surface area contributed by atoms with Gasteiger partial charge in [0.05, 0.1) is 6.04 Å². The third-order valence-corrected chi connectivity index (χ3v) is 5.36. The van der Waals surface area contributed by atoms with Gasteiger partial charge in [-0.2, -0.15) is 4.98 Å². The van der Waals surface area contributed by atoms with Crippen molar-refractivity contribution in [3.63, 3.8) is 0 Å². The van der Waals surface area contributed by atoms with Crippen LogP contribution < -0.4 is 32.1 Å². The Bertz CT molecular complexity index is 1180. The number of anilines is 4. The summed E-state index contributed by atoms with van der Waals surface area (Å²) >= 11 is 0. The standard InChI is InChI=1S/C21H25N7O6/c1-10(19(31)32)7-14(20(33)34)25-17(29)11-3-5-12(6-4-11)23-8-13-9-24-16-15(28(13)2)18(30)27-21(22)26-16/h3-6,13-14,23H,1,7-9H2,2H3,(H,25,29)(H,31,32)(H,33,34)(H4,22,24,26,27,30)/t13?,14-/m0/s1. The van der Waals surface area contributed by atoms with Crippen molar-refractivity contribution in [1.29, 1.82) is 0 Å². The van der Waals surface area contributed by atoms with E-state index in [0.29, 0.717) is 30.3 Å². The first kappa shape index (κ1) is 24.1. The van der Waals surface area contributed by atoms with E-state index in [0.717, 1.165) is 0 Å². The molecule has 1 aliphatic heterocycles. The number of likely N-dealkylation sites (N-methyl/N-ethyl adjacent to an activating group) is 1. The minimum absolute atomic E-state index is 0.0341. The Morgan fingerprint density at radius 3 is 2.59 bits per heavy atom. The number of nitrogen functional groups attached to an aromatic ring is 1. The van der Waals surface area contributed by atoms with Crippen LogP contribution in [-0.2, 0) is 9.59 Å². The number of carbonyl (C=O) groups is 3. The smallest absolute Gasteiger partial charge is 0.331 e. The van der Waals surface area contributed by atoms with Gasteiger partial charge in [-0.3, -0.25) is 14.6 Å². The Kier molecular flexibility index (Phi) is 7.04. The normalized spacial score (nSPS) is 15.4. The van der Waals surface area contributed by atoms with Crippen LogP contribution in [0.3, 0.4) is 0 Å². The summed E-state index contributed by atoms with van der Waals surface area (Å²) in [6.07, 6.45) is -0.424. The van der Waals surface area contributed by atoms with Crippen LogP contribution in [-0.4, -0.2) is 70.2 Å². The number of rotatable bonds is 9. The van der Waals surface area contributed by atoms with Gasteiger partial charge >= 0.3 is 11.9 Å². The van der Waals surface area contributed by atoms with Crippen LogP contribution in [0.15, 0.2) is 41.2 Å². The third-order valence-electron chi connectivity index (χ3n) is 5.36. The number of hydrogen-bond acceptors (Lipinski definition) is 9. The van der Waals surface area contributed by atoms with Crippen LogP contribution in [0, 0.1) is 0 Å². The van der Waals surface area contributed by atoms with Crippen molar-refractivity contribution in [1.82, 2.24) is 15.3 Å². The average molecular weight is 471 g/mol. The number of nitrogens with zero attached hydrogens (tertiary/aromatic N) is 2. The van der Waals surface area contributed by atoms with Gasteiger partial charge in [0, 0.05) is 43.4 Å². The molecule has 2 aromatic rings. The fourth-order valence-corrected chi connectivity index (χ4v) is 3.43. The van der Waals surface area contributed by atoms with Crippen LogP contribution in [0.25, 0.3) is 0 Å². The Morgan fingerprint density at radius 2 is 1.97 bits per heavy atom. The van der Waals surface area contributed by atoms with E-state index in [2.05, 4.69) is 32.5 Å². The maximum atomic E-state index is 12.4. The molecular weight excluding hydrogens is 446 g/mol. The number of carbonyl (C=O) groups excluding carboxylic acids is 1. The molecule has 0 bridgehead atoms. The molecule has 1 aliphatic rings. The monoisotopic (exact) mass is 471 g/mol. The molecule has 13 nitrogen and oxygen atoms in total. The number of benzene rings is 1. The number of aromatic amines is 1. The molecular formula is C21H25N7O6. The van der Waals surface area contributed by atoms with E-state index in [1.807, 2.05) is 4.90 Å². The zero-order valence-corrected chi connectivity index (χ0v) is 18.3. The Balaban J connectivity index is 1.60. The van der Waals surface area contributed by atoms with Crippen LogP contribution in [0.1, 0.15) is 16.8 Å². The van der Waals surface area contributed by atoms with Crippen molar-refractivity contribution in [2.24, 2.45) is 0 Å². The van der Waals surface area contributed by atoms with Crippen molar-refractivity contribution >= 4 is 41.0 Å². The molecule has 1 aromatic heterocycles. The minimum atomic E-state index is -1.42. The lowest BCUT2D eigenvalue weighted by Crippen LogP contribution is -2.48. The molecule has 1 amide bonds. The number of aliphatic carboxylic acids is 2. The molecule has 3 rings (SSSR count). The highest BCUT2D eigenvalue weighted by molar-refractivity contribution is 5.97. The zero-order chi connectivity index (χ0) is 25.0. The molecule has 8 N–H and O–H groups in total. The van der Waals surface area contributed by atoms with Crippen molar-refractivity contribution in [2.75, 3.05) is 41.4 Å². The van der Waals surface area contributed by atoms with Crippen molar-refractivity contribution < 1.29 is 24.6 Å². The fraction of sp³-hybridized carbons (Fsp3) is 0.286. The topological polar surface area (TPSA) is 203 Å². The van der Waals surface area contributed by atoms with Gasteiger partial charge < -0.3 is 36.8 Å². The van der Waals surface area contributed by atoms with Crippen molar-refractivity contribution in [3.05, 3.63) is 52.3 Å². The van der Waals surface area contributed by atoms with E-state index >= 15 is 0 Å². The molecule has 0 fully saturated rings. The molecule has 0 saturated carbocycles. The van der Waals surface area contributed by atoms with Gasteiger partial charge in [0.15, 0.2) is 5.82 Å². The van der Waals surface area contributed by atoms with E-state index in [4.69, 9.17) is 10.8 Å². The van der Waals surface area contributed by atoms with E-state index in [1.165, 1.54) is 12.1 Å². The molecule has 2 heterocycles. The molecule has 1 unspecified atom stereocenters. The summed E-state index contributed by atoms with van der Waals surface area (Å²) < 4.78 is 0. The first-order chi connectivity index (χ1) is 16.1. The molecule has 13 heteroatoms. The van der Waals surface area contributed by atoms with Crippen molar-refractivity contribution in [3.8, 4) is 0 Å². The summed E-state index contributed by atoms with van der Waals surface area (Å²) in [5.41, 5.74) is 6.21. The van der Waals surface area contributed by atoms with Crippen LogP contribution in [0.5, 0.6) is 0 Å². The lowest BCUT2D eigenvalue weighted by molar-refractivity contribution is -0.139. The molecule has 0 aliphatic carbocycles. The van der Waals surface area contributed by atoms with Gasteiger partial charge in [-0.1, -0.05) is 6.58 Å². The molecule has 0 radical (unpaired) electrons. The Labute approximate surface area is 193 Å². The Hall–Kier alpha value is -4.55. The van der Waals surface area contributed by atoms with Crippen LogP contribution in [0.4, 0.5) is 23.1 Å². The van der Waals surface area contributed by atoms with Gasteiger partial charge in [0.2, 0.25) is 5.95 Å². The first-order valence-electron chi connectivity index (χ1n) is 10.2. The molecule has 0 spiro atoms. The maximum Gasteiger partial charge on any atom is 0.331 e. The predicted octanol–water partition coefficient (Wildman–Crippen LogP) is -0.0916. The van der Waals surface area contributed by atoms with E-state index < -0.39 is 30.3 Å². The molecule has 0 saturated heterocycles. The largest absolute Gasteiger partial charge is 0.480 e. The van der Waals surface area contributed by atoms with Gasteiger partial charge in [-0.25, -0.2) is 9.59 Å². The lowest BCUT2D eigenvalue weighted by atomic mass is 10.1. The molecule has 2 atom stereocenters. The van der Waals surface area contributed by atoms with Gasteiger partial charge in [-0.05, 0) is 24.3 Å². The fourth-order valence-electron chi connectivity index (χ4n) is 3.43. The number of H-pyrrole nitrogens is 1. The summed E-state index contributed by atoms with van der Waals surface area (Å²) in [6, 6.07) is 4.83. The summed E-state index contributed by atoms with van der Waals surface area (Å²) in [7, 11) is 1.78. The summed E-state index contributed by atoms with van der Waals surface area (Å²) in [6.45, 7) is 4.28. The highest BCUT2D eigenvalue weighted by Gasteiger charge is 2.27. The molecule has 1 aromatic carbocycles. The predicted molar refractivity (Wildman–Crippen MR) is 125 cm³/mol.